The summed E-state index contributed by atoms with van der Waals surface area (Å²) in [5.74, 6) is 0.0282. The molecule has 3 rings (SSSR count). The molecular weight excluding hydrogens is 434 g/mol. The third-order valence-corrected chi connectivity index (χ3v) is 8.29. The number of carbonyl (C=O) groups excluding carboxylic acids is 1. The molecule has 2 aromatic carbocycles. The zero-order valence-corrected chi connectivity index (χ0v) is 20.0. The van der Waals surface area contributed by atoms with Gasteiger partial charge in [-0.25, -0.2) is 13.1 Å². The Morgan fingerprint density at radius 1 is 1.13 bits per heavy atom. The highest BCUT2D eigenvalue weighted by molar-refractivity contribution is 7.89. The second-order valence-corrected chi connectivity index (χ2v) is 10.4. The van der Waals surface area contributed by atoms with Gasteiger partial charge in [0.2, 0.25) is 10.0 Å². The molecule has 0 aliphatic carbocycles. The monoisotopic (exact) mass is 463 g/mol. The van der Waals surface area contributed by atoms with E-state index in [1.54, 1.807) is 25.1 Å². The quantitative estimate of drug-likeness (QED) is 0.672. The molecule has 1 aliphatic rings. The summed E-state index contributed by atoms with van der Waals surface area (Å²) < 4.78 is 28.9. The zero-order chi connectivity index (χ0) is 22.8. The van der Waals surface area contributed by atoms with Crippen LogP contribution in [-0.4, -0.2) is 45.4 Å². The van der Waals surface area contributed by atoms with E-state index in [4.69, 9.17) is 11.6 Å². The van der Waals surface area contributed by atoms with Crippen LogP contribution in [0.4, 0.5) is 5.69 Å². The van der Waals surface area contributed by atoms with E-state index in [1.807, 2.05) is 26.0 Å². The van der Waals surface area contributed by atoms with Gasteiger partial charge in [-0.05, 0) is 89.0 Å². The first-order valence-corrected chi connectivity index (χ1v) is 12.3. The summed E-state index contributed by atoms with van der Waals surface area (Å²) in [7, 11) is -1.71. The van der Waals surface area contributed by atoms with Gasteiger partial charge in [0, 0.05) is 17.3 Å². The molecule has 1 atom stereocenters. The van der Waals surface area contributed by atoms with Gasteiger partial charge >= 0.3 is 0 Å². The largest absolute Gasteiger partial charge is 0.322 e. The van der Waals surface area contributed by atoms with Crippen molar-refractivity contribution in [3.63, 3.8) is 0 Å². The molecule has 0 aromatic heterocycles. The lowest BCUT2D eigenvalue weighted by atomic mass is 9.91. The fourth-order valence-electron chi connectivity index (χ4n) is 3.95. The van der Waals surface area contributed by atoms with Crippen LogP contribution in [0.5, 0.6) is 0 Å². The molecule has 1 fully saturated rings. The topological polar surface area (TPSA) is 78.5 Å². The number of nitrogens with one attached hydrogen (secondary N) is 2. The highest BCUT2D eigenvalue weighted by atomic mass is 35.5. The number of likely N-dealkylation sites (tertiary alicyclic amines) is 1. The van der Waals surface area contributed by atoms with Crippen LogP contribution in [0.25, 0.3) is 0 Å². The Bertz CT molecular complexity index is 1060. The minimum absolute atomic E-state index is 0.0281. The molecule has 8 heteroatoms. The van der Waals surface area contributed by atoms with Crippen molar-refractivity contribution in [2.45, 2.75) is 44.6 Å². The summed E-state index contributed by atoms with van der Waals surface area (Å²) in [5.41, 5.74) is 2.41. The molecule has 1 heterocycles. The van der Waals surface area contributed by atoms with Crippen LogP contribution in [0, 0.1) is 19.8 Å². The number of sulfonamides is 1. The van der Waals surface area contributed by atoms with Crippen molar-refractivity contribution < 1.29 is 13.2 Å². The summed E-state index contributed by atoms with van der Waals surface area (Å²) in [6, 6.07) is 10.1. The number of amides is 1. The van der Waals surface area contributed by atoms with Crippen molar-refractivity contribution in [3.8, 4) is 0 Å². The van der Waals surface area contributed by atoms with Crippen molar-refractivity contribution in [3.05, 3.63) is 58.1 Å². The number of benzene rings is 2. The molecule has 1 amide bonds. The van der Waals surface area contributed by atoms with Gasteiger partial charge in [-0.3, -0.25) is 4.79 Å². The Morgan fingerprint density at radius 3 is 2.42 bits per heavy atom. The summed E-state index contributed by atoms with van der Waals surface area (Å²) in [6.45, 7) is 7.40. The van der Waals surface area contributed by atoms with Gasteiger partial charge in [-0.1, -0.05) is 29.8 Å². The first-order valence-electron chi connectivity index (χ1n) is 10.5. The fraction of sp³-hybridized carbons (Fsp3) is 0.435. The van der Waals surface area contributed by atoms with E-state index in [2.05, 4.69) is 22.0 Å². The lowest BCUT2D eigenvalue weighted by Crippen LogP contribution is -2.43. The lowest BCUT2D eigenvalue weighted by molar-refractivity contribution is 0.102. The summed E-state index contributed by atoms with van der Waals surface area (Å²) >= 11 is 6.45. The molecule has 0 unspecified atom stereocenters. The van der Waals surface area contributed by atoms with E-state index >= 15 is 0 Å². The average Bonchev–Trinajstić information content (AvgIpc) is 2.71. The maximum Gasteiger partial charge on any atom is 0.255 e. The van der Waals surface area contributed by atoms with Crippen LogP contribution >= 0.6 is 11.6 Å². The minimum atomic E-state index is -3.79. The Morgan fingerprint density at radius 2 is 1.77 bits per heavy atom. The molecule has 168 valence electrons. The molecule has 1 saturated heterocycles. The molecule has 0 bridgehead atoms. The second kappa shape index (κ2) is 9.69. The van der Waals surface area contributed by atoms with Crippen LogP contribution < -0.4 is 10.0 Å². The normalized spacial score (nSPS) is 16.8. The van der Waals surface area contributed by atoms with Gasteiger partial charge in [0.1, 0.15) is 4.90 Å². The number of nitrogens with zero attached hydrogens (tertiary/aromatic N) is 1. The number of carbonyl (C=O) groups is 1. The molecule has 0 radical (unpaired) electrons. The van der Waals surface area contributed by atoms with Gasteiger partial charge in [-0.2, -0.15) is 0 Å². The SMILES string of the molecule is Cc1ccccc1C(=O)Nc1ccc(S(=O)(=O)N[C@H](C)C2CCN(C)CC2)c(Cl)c1C. The summed E-state index contributed by atoms with van der Waals surface area (Å²) in [5, 5.41) is 2.96. The molecule has 2 aromatic rings. The molecule has 31 heavy (non-hydrogen) atoms. The number of hydrogen-bond acceptors (Lipinski definition) is 4. The summed E-state index contributed by atoms with van der Waals surface area (Å²) in [6.07, 6.45) is 1.91. The fourth-order valence-corrected chi connectivity index (χ4v) is 5.87. The highest BCUT2D eigenvalue weighted by Gasteiger charge is 2.28. The van der Waals surface area contributed by atoms with Crippen molar-refractivity contribution >= 4 is 33.2 Å². The Balaban J connectivity index is 1.77. The van der Waals surface area contributed by atoms with E-state index in [0.29, 0.717) is 22.7 Å². The first kappa shape index (κ1) is 23.7. The van der Waals surface area contributed by atoms with Gasteiger partial charge in [0.15, 0.2) is 0 Å². The summed E-state index contributed by atoms with van der Waals surface area (Å²) in [4.78, 5) is 14.9. The minimum Gasteiger partial charge on any atom is -0.322 e. The number of hydrogen-bond donors (Lipinski definition) is 2. The number of aryl methyl sites for hydroxylation is 1. The molecule has 2 N–H and O–H groups in total. The van der Waals surface area contributed by atoms with Gasteiger partial charge in [-0.15, -0.1) is 0 Å². The second-order valence-electron chi connectivity index (χ2n) is 8.37. The maximum atomic E-state index is 13.0. The van der Waals surface area contributed by atoms with E-state index in [-0.39, 0.29) is 21.9 Å². The number of piperidine rings is 1. The number of anilines is 1. The number of halogens is 1. The van der Waals surface area contributed by atoms with Gasteiger partial charge in [0.05, 0.1) is 5.02 Å². The van der Waals surface area contributed by atoms with Gasteiger partial charge in [0.25, 0.3) is 5.91 Å². The van der Waals surface area contributed by atoms with E-state index in [9.17, 15) is 13.2 Å². The maximum absolute atomic E-state index is 13.0. The molecule has 0 spiro atoms. The average molecular weight is 464 g/mol. The van der Waals surface area contributed by atoms with E-state index in [0.717, 1.165) is 31.5 Å². The first-order chi connectivity index (χ1) is 14.6. The van der Waals surface area contributed by atoms with Crippen LogP contribution in [-0.2, 0) is 10.0 Å². The predicted octanol–water partition coefficient (Wildman–Crippen LogP) is 4.22. The van der Waals surface area contributed by atoms with E-state index < -0.39 is 10.0 Å². The third-order valence-electron chi connectivity index (χ3n) is 6.09. The van der Waals surface area contributed by atoms with Crippen LogP contribution in [0.2, 0.25) is 5.02 Å². The Kier molecular flexibility index (Phi) is 7.42. The molecule has 6 nitrogen and oxygen atoms in total. The van der Waals surface area contributed by atoms with Crippen molar-refractivity contribution in [1.82, 2.24) is 9.62 Å². The Labute approximate surface area is 190 Å². The molecule has 0 saturated carbocycles. The molecular formula is C23H30ClN3O3S. The number of rotatable bonds is 6. The van der Waals surface area contributed by atoms with Crippen molar-refractivity contribution in [1.29, 1.82) is 0 Å². The van der Waals surface area contributed by atoms with Crippen molar-refractivity contribution in [2.24, 2.45) is 5.92 Å². The predicted molar refractivity (Wildman–Crippen MR) is 125 cm³/mol. The molecule has 1 aliphatic heterocycles. The van der Waals surface area contributed by atoms with Crippen molar-refractivity contribution in [2.75, 3.05) is 25.5 Å². The van der Waals surface area contributed by atoms with E-state index in [1.165, 1.54) is 6.07 Å². The third kappa shape index (κ3) is 5.47. The zero-order valence-electron chi connectivity index (χ0n) is 18.4. The smallest absolute Gasteiger partial charge is 0.255 e. The van der Waals surface area contributed by atoms with Gasteiger partial charge < -0.3 is 10.2 Å². The van der Waals surface area contributed by atoms with Crippen LogP contribution in [0.1, 0.15) is 41.3 Å². The lowest BCUT2D eigenvalue weighted by Gasteiger charge is -2.33. The Hall–Kier alpha value is -1.93. The van der Waals surface area contributed by atoms with Crippen LogP contribution in [0.3, 0.4) is 0 Å². The highest BCUT2D eigenvalue weighted by Crippen LogP contribution is 2.31. The standard InChI is InChI=1S/C23H30ClN3O3S/c1-15-7-5-6-8-19(15)23(28)25-20-9-10-21(22(24)16(20)2)31(29,30)26-17(3)18-11-13-27(4)14-12-18/h5-10,17-18,26H,11-14H2,1-4H3,(H,25,28)/t17-/m1/s1. The van der Waals surface area contributed by atoms with Crippen LogP contribution in [0.15, 0.2) is 41.3 Å².